The molecule has 138 valence electrons. The van der Waals surface area contributed by atoms with Crippen molar-refractivity contribution in [3.63, 3.8) is 0 Å². The van der Waals surface area contributed by atoms with Crippen LogP contribution in [0.1, 0.15) is 12.6 Å². The van der Waals surface area contributed by atoms with Crippen LogP contribution in [0.15, 0.2) is 23.3 Å². The molecule has 1 saturated heterocycles. The molecule has 1 aliphatic rings. The topological polar surface area (TPSA) is 35.8 Å². The maximum absolute atomic E-state index is 12.8. The molecule has 0 aromatic carbocycles. The van der Waals surface area contributed by atoms with Gasteiger partial charge < -0.3 is 14.8 Å². The van der Waals surface area contributed by atoms with Gasteiger partial charge in [0.2, 0.25) is 0 Å². The van der Waals surface area contributed by atoms with Crippen molar-refractivity contribution in [1.82, 2.24) is 19.7 Å². The highest BCUT2D eigenvalue weighted by molar-refractivity contribution is 14.0. The van der Waals surface area contributed by atoms with Crippen LogP contribution in [0.25, 0.3) is 0 Å². The molecule has 9 heteroatoms. The van der Waals surface area contributed by atoms with Crippen LogP contribution in [0.3, 0.4) is 0 Å². The van der Waals surface area contributed by atoms with Crippen molar-refractivity contribution in [1.29, 1.82) is 0 Å². The number of hydrogen-bond donors (Lipinski definition) is 1. The third kappa shape index (κ3) is 5.27. The van der Waals surface area contributed by atoms with Crippen LogP contribution < -0.4 is 5.32 Å². The first-order chi connectivity index (χ1) is 10.8. The minimum Gasteiger partial charge on any atom is -0.353 e. The largest absolute Gasteiger partial charge is 0.403 e. The van der Waals surface area contributed by atoms with E-state index in [1.54, 1.807) is 7.05 Å². The summed E-state index contributed by atoms with van der Waals surface area (Å²) < 4.78 is 40.3. The Hall–Kier alpha value is -0.970. The fourth-order valence-electron chi connectivity index (χ4n) is 2.71. The van der Waals surface area contributed by atoms with E-state index in [4.69, 9.17) is 0 Å². The van der Waals surface area contributed by atoms with E-state index in [9.17, 15) is 13.2 Å². The number of alkyl halides is 3. The van der Waals surface area contributed by atoms with Crippen LogP contribution in [0.4, 0.5) is 13.2 Å². The number of hydrogen-bond acceptors (Lipinski definition) is 2. The molecular weight excluding hydrogens is 434 g/mol. The van der Waals surface area contributed by atoms with Crippen LogP contribution in [-0.4, -0.2) is 65.8 Å². The molecular formula is C15H25F3IN5. The van der Waals surface area contributed by atoms with Crippen molar-refractivity contribution in [3.8, 4) is 0 Å². The molecule has 1 aromatic heterocycles. The van der Waals surface area contributed by atoms with Gasteiger partial charge in [-0.1, -0.05) is 0 Å². The molecule has 0 saturated carbocycles. The minimum atomic E-state index is -4.17. The molecule has 24 heavy (non-hydrogen) atoms. The first-order valence-corrected chi connectivity index (χ1v) is 7.69. The monoisotopic (exact) mass is 459 g/mol. The smallest absolute Gasteiger partial charge is 0.353 e. The summed E-state index contributed by atoms with van der Waals surface area (Å²) in [6, 6.07) is 2.59. The number of aromatic nitrogens is 1. The molecule has 1 atom stereocenters. The SMILES string of the molecule is CN=C(NCc1cccn1C)N1CCN(C(C)C(F)(F)F)CC1.I. The van der Waals surface area contributed by atoms with E-state index in [0.29, 0.717) is 32.7 Å². The molecule has 2 heterocycles. The number of nitrogens with zero attached hydrogens (tertiary/aromatic N) is 4. The Balaban J connectivity index is 0.00000288. The van der Waals surface area contributed by atoms with Crippen molar-refractivity contribution in [2.75, 3.05) is 33.2 Å². The highest BCUT2D eigenvalue weighted by Crippen LogP contribution is 2.25. The summed E-state index contributed by atoms with van der Waals surface area (Å²) in [6.07, 6.45) is -2.20. The lowest BCUT2D eigenvalue weighted by atomic mass is 10.2. The Morgan fingerprint density at radius 2 is 1.92 bits per heavy atom. The second-order valence-electron chi connectivity index (χ2n) is 5.75. The van der Waals surface area contributed by atoms with Crippen molar-refractivity contribution in [3.05, 3.63) is 24.0 Å². The summed E-state index contributed by atoms with van der Waals surface area (Å²) in [7, 11) is 3.66. The maximum Gasteiger partial charge on any atom is 0.403 e. The van der Waals surface area contributed by atoms with Gasteiger partial charge in [-0.05, 0) is 19.1 Å². The molecule has 0 amide bonds. The van der Waals surface area contributed by atoms with E-state index in [-0.39, 0.29) is 24.0 Å². The van der Waals surface area contributed by atoms with Crippen LogP contribution in [0.5, 0.6) is 0 Å². The van der Waals surface area contributed by atoms with E-state index in [1.807, 2.05) is 34.8 Å². The quantitative estimate of drug-likeness (QED) is 0.428. The normalized spacial score (nSPS) is 18.2. The Kier molecular flexibility index (Phi) is 7.84. The summed E-state index contributed by atoms with van der Waals surface area (Å²) in [5, 5.41) is 3.27. The predicted octanol–water partition coefficient (Wildman–Crippen LogP) is 2.29. The van der Waals surface area contributed by atoms with Gasteiger partial charge in [0.05, 0.1) is 6.54 Å². The Morgan fingerprint density at radius 3 is 2.38 bits per heavy atom. The van der Waals surface area contributed by atoms with Gasteiger partial charge in [-0.2, -0.15) is 13.2 Å². The third-order valence-corrected chi connectivity index (χ3v) is 4.33. The molecule has 1 N–H and O–H groups in total. The summed E-state index contributed by atoms with van der Waals surface area (Å²) >= 11 is 0. The van der Waals surface area contributed by atoms with Crippen LogP contribution >= 0.6 is 24.0 Å². The molecule has 5 nitrogen and oxygen atoms in total. The van der Waals surface area contributed by atoms with Crippen molar-refractivity contribution in [2.45, 2.75) is 25.7 Å². The summed E-state index contributed by atoms with van der Waals surface area (Å²) in [5.41, 5.74) is 1.12. The van der Waals surface area contributed by atoms with Crippen molar-refractivity contribution >= 4 is 29.9 Å². The number of guanidine groups is 1. The highest BCUT2D eigenvalue weighted by atomic mass is 127. The first-order valence-electron chi connectivity index (χ1n) is 7.69. The van der Waals surface area contributed by atoms with Crippen molar-refractivity contribution in [2.24, 2.45) is 12.0 Å². The average molecular weight is 459 g/mol. The number of piperazine rings is 1. The molecule has 0 aliphatic carbocycles. The van der Waals surface area contributed by atoms with E-state index >= 15 is 0 Å². The van der Waals surface area contributed by atoms with Gasteiger partial charge in [0.1, 0.15) is 6.04 Å². The van der Waals surface area contributed by atoms with Gasteiger partial charge in [-0.3, -0.25) is 9.89 Å². The molecule has 0 bridgehead atoms. The zero-order valence-corrected chi connectivity index (χ0v) is 16.5. The van der Waals surface area contributed by atoms with E-state index in [1.165, 1.54) is 11.8 Å². The van der Waals surface area contributed by atoms with Crippen LogP contribution in [-0.2, 0) is 13.6 Å². The van der Waals surface area contributed by atoms with Crippen LogP contribution in [0, 0.1) is 0 Å². The molecule has 1 aliphatic heterocycles. The summed E-state index contributed by atoms with van der Waals surface area (Å²) in [5.74, 6) is 0.727. The van der Waals surface area contributed by atoms with Gasteiger partial charge in [0, 0.05) is 52.2 Å². The van der Waals surface area contributed by atoms with Gasteiger partial charge in [0.25, 0.3) is 0 Å². The zero-order valence-electron chi connectivity index (χ0n) is 14.2. The van der Waals surface area contributed by atoms with Crippen LogP contribution in [0.2, 0.25) is 0 Å². The molecule has 1 aromatic rings. The fraction of sp³-hybridized carbons (Fsp3) is 0.667. The number of rotatable bonds is 3. The number of nitrogens with one attached hydrogen (secondary N) is 1. The van der Waals surface area contributed by atoms with Crippen molar-refractivity contribution < 1.29 is 13.2 Å². The van der Waals surface area contributed by atoms with Gasteiger partial charge in [-0.25, -0.2) is 0 Å². The standard InChI is InChI=1S/C15H24F3N5.HI/c1-12(15(16,17)18)22-7-9-23(10-8-22)14(19-2)20-11-13-5-4-6-21(13)3;/h4-6,12H,7-11H2,1-3H3,(H,19,20);1H. The Labute approximate surface area is 157 Å². The molecule has 0 radical (unpaired) electrons. The average Bonchev–Trinajstić information content (AvgIpc) is 2.92. The fourth-order valence-corrected chi connectivity index (χ4v) is 2.71. The van der Waals surface area contributed by atoms with Gasteiger partial charge in [0.15, 0.2) is 5.96 Å². The molecule has 0 spiro atoms. The lowest BCUT2D eigenvalue weighted by Gasteiger charge is -2.39. The number of halogens is 4. The lowest BCUT2D eigenvalue weighted by molar-refractivity contribution is -0.181. The number of aryl methyl sites for hydroxylation is 1. The summed E-state index contributed by atoms with van der Waals surface area (Å²) in [4.78, 5) is 7.72. The van der Waals surface area contributed by atoms with Gasteiger partial charge >= 0.3 is 6.18 Å². The summed E-state index contributed by atoms with van der Waals surface area (Å²) in [6.45, 7) is 3.69. The Bertz CT molecular complexity index is 535. The lowest BCUT2D eigenvalue weighted by Crippen LogP contribution is -2.56. The second kappa shape index (κ2) is 8.93. The van der Waals surface area contributed by atoms with E-state index < -0.39 is 12.2 Å². The predicted molar refractivity (Wildman–Crippen MR) is 99.7 cm³/mol. The molecule has 1 fully saturated rings. The molecule has 1 unspecified atom stereocenters. The van der Waals surface area contributed by atoms with E-state index in [2.05, 4.69) is 10.3 Å². The minimum absolute atomic E-state index is 0. The Morgan fingerprint density at radius 1 is 1.29 bits per heavy atom. The highest BCUT2D eigenvalue weighted by Gasteiger charge is 2.41. The maximum atomic E-state index is 12.8. The first kappa shape index (κ1) is 21.1. The molecule has 2 rings (SSSR count). The second-order valence-corrected chi connectivity index (χ2v) is 5.75. The van der Waals surface area contributed by atoms with E-state index in [0.717, 1.165) is 11.7 Å². The van der Waals surface area contributed by atoms with Gasteiger partial charge in [-0.15, -0.1) is 24.0 Å². The number of aliphatic imine (C=N–C) groups is 1. The zero-order chi connectivity index (χ0) is 17.0. The third-order valence-electron chi connectivity index (χ3n) is 4.33.